The molecule has 106 valence electrons. The quantitative estimate of drug-likeness (QED) is 0.869. The Morgan fingerprint density at radius 3 is 2.85 bits per heavy atom. The maximum atomic E-state index is 12.0. The van der Waals surface area contributed by atoms with Crippen LogP contribution in [0.5, 0.6) is 0 Å². The smallest absolute Gasteiger partial charge is 0.240 e. The van der Waals surface area contributed by atoms with Crippen LogP contribution >= 0.6 is 15.9 Å². The number of carbonyl (C=O) groups excluding carboxylic acids is 1. The lowest BCUT2D eigenvalue weighted by Crippen LogP contribution is -2.48. The number of halogens is 1. The van der Waals surface area contributed by atoms with Crippen LogP contribution in [0.1, 0.15) is 25.3 Å². The molecule has 0 saturated heterocycles. The third-order valence-electron chi connectivity index (χ3n) is 3.66. The molecule has 20 heavy (non-hydrogen) atoms. The molecule has 4 nitrogen and oxygen atoms in total. The highest BCUT2D eigenvalue weighted by atomic mass is 79.9. The molecule has 0 spiro atoms. The van der Waals surface area contributed by atoms with E-state index in [1.165, 1.54) is 0 Å². The van der Waals surface area contributed by atoms with Crippen molar-refractivity contribution in [2.24, 2.45) is 5.92 Å². The van der Waals surface area contributed by atoms with Gasteiger partial charge < -0.3 is 10.6 Å². The lowest BCUT2D eigenvalue weighted by Gasteiger charge is -2.23. The van der Waals surface area contributed by atoms with Crippen molar-refractivity contribution >= 4 is 27.5 Å². The van der Waals surface area contributed by atoms with E-state index in [1.807, 2.05) is 25.1 Å². The minimum Gasteiger partial charge on any atom is -0.376 e. The lowest BCUT2D eigenvalue weighted by atomic mass is 9.98. The van der Waals surface area contributed by atoms with Crippen LogP contribution in [0.15, 0.2) is 22.7 Å². The van der Waals surface area contributed by atoms with Gasteiger partial charge in [-0.1, -0.05) is 22.0 Å². The van der Waals surface area contributed by atoms with Crippen LogP contribution in [0.4, 0.5) is 5.69 Å². The van der Waals surface area contributed by atoms with Crippen LogP contribution in [-0.2, 0) is 4.79 Å². The lowest BCUT2D eigenvalue weighted by molar-refractivity contribution is -0.120. The van der Waals surface area contributed by atoms with E-state index in [-0.39, 0.29) is 12.5 Å². The van der Waals surface area contributed by atoms with Gasteiger partial charge in [0.25, 0.3) is 0 Å². The minimum atomic E-state index is -0.731. The van der Waals surface area contributed by atoms with Crippen molar-refractivity contribution in [3.8, 4) is 6.07 Å². The number of nitrogens with zero attached hydrogens (tertiary/aromatic N) is 1. The number of hydrogen-bond acceptors (Lipinski definition) is 3. The maximum absolute atomic E-state index is 12.0. The summed E-state index contributed by atoms with van der Waals surface area (Å²) in [6.45, 7) is 3.95. The Labute approximate surface area is 127 Å². The zero-order chi connectivity index (χ0) is 14.8. The standard InChI is InChI=1S/C15H18BrN3O/c1-10-3-6-12(16)7-13(10)18-8-14(20)19-15(2,9-17)11-4-5-11/h3,6-7,11,18H,4-5,8H2,1-2H3,(H,19,20)/t15-/m0/s1. The van der Waals surface area contributed by atoms with Gasteiger partial charge in [-0.3, -0.25) is 4.79 Å². The van der Waals surface area contributed by atoms with Gasteiger partial charge in [-0.25, -0.2) is 0 Å². The van der Waals surface area contributed by atoms with Crippen molar-refractivity contribution in [2.75, 3.05) is 11.9 Å². The normalized spacial score (nSPS) is 16.9. The third-order valence-corrected chi connectivity index (χ3v) is 4.16. The second-order valence-corrected chi connectivity index (χ2v) is 6.37. The fourth-order valence-corrected chi connectivity index (χ4v) is 2.54. The van der Waals surface area contributed by atoms with Crippen molar-refractivity contribution in [3.63, 3.8) is 0 Å². The first-order valence-corrected chi connectivity index (χ1v) is 7.46. The summed E-state index contributed by atoms with van der Waals surface area (Å²) in [4.78, 5) is 12.0. The molecule has 1 amide bonds. The number of amides is 1. The van der Waals surface area contributed by atoms with Crippen molar-refractivity contribution < 1.29 is 4.79 Å². The van der Waals surface area contributed by atoms with Crippen molar-refractivity contribution in [1.29, 1.82) is 5.26 Å². The number of nitriles is 1. The predicted molar refractivity (Wildman–Crippen MR) is 82.3 cm³/mol. The Kier molecular flexibility index (Phi) is 4.34. The molecule has 1 aromatic carbocycles. The Morgan fingerprint density at radius 1 is 1.55 bits per heavy atom. The SMILES string of the molecule is Cc1ccc(Br)cc1NCC(=O)N[C@@](C)(C#N)C1CC1. The van der Waals surface area contributed by atoms with E-state index in [4.69, 9.17) is 0 Å². The molecule has 1 atom stereocenters. The van der Waals surface area contributed by atoms with Gasteiger partial charge in [0, 0.05) is 10.2 Å². The first kappa shape index (κ1) is 14.9. The highest BCUT2D eigenvalue weighted by Gasteiger charge is 2.42. The summed E-state index contributed by atoms with van der Waals surface area (Å²) >= 11 is 3.41. The number of anilines is 1. The molecule has 0 heterocycles. The van der Waals surface area contributed by atoms with Gasteiger partial charge in [-0.15, -0.1) is 0 Å². The van der Waals surface area contributed by atoms with Crippen molar-refractivity contribution in [2.45, 2.75) is 32.2 Å². The Morgan fingerprint density at radius 2 is 2.25 bits per heavy atom. The summed E-state index contributed by atoms with van der Waals surface area (Å²) in [6, 6.07) is 8.10. The summed E-state index contributed by atoms with van der Waals surface area (Å²) in [6.07, 6.45) is 2.03. The predicted octanol–water partition coefficient (Wildman–Crippen LogP) is 2.98. The number of nitrogens with one attached hydrogen (secondary N) is 2. The van der Waals surface area contributed by atoms with Gasteiger partial charge in [-0.2, -0.15) is 5.26 Å². The first-order valence-electron chi connectivity index (χ1n) is 6.67. The van der Waals surface area contributed by atoms with E-state index >= 15 is 0 Å². The third kappa shape index (κ3) is 3.51. The van der Waals surface area contributed by atoms with E-state index < -0.39 is 5.54 Å². The Bertz CT molecular complexity index is 563. The van der Waals surface area contributed by atoms with Gasteiger partial charge in [0.15, 0.2) is 0 Å². The van der Waals surface area contributed by atoms with E-state index in [1.54, 1.807) is 6.92 Å². The molecular weight excluding hydrogens is 318 g/mol. The molecule has 1 aliphatic carbocycles. The number of aryl methyl sites for hydroxylation is 1. The molecule has 5 heteroatoms. The van der Waals surface area contributed by atoms with Crippen molar-refractivity contribution in [1.82, 2.24) is 5.32 Å². The maximum Gasteiger partial charge on any atom is 0.240 e. The molecule has 2 rings (SSSR count). The van der Waals surface area contributed by atoms with Crippen LogP contribution in [0.3, 0.4) is 0 Å². The number of hydrogen-bond donors (Lipinski definition) is 2. The van der Waals surface area contributed by atoms with Gasteiger partial charge in [0.2, 0.25) is 5.91 Å². The molecular formula is C15H18BrN3O. The molecule has 0 unspecified atom stereocenters. The molecule has 0 aromatic heterocycles. The minimum absolute atomic E-state index is 0.152. The number of rotatable bonds is 5. The second kappa shape index (κ2) is 5.84. The number of benzene rings is 1. The average Bonchev–Trinajstić information content (AvgIpc) is 3.24. The molecule has 2 N–H and O–H groups in total. The van der Waals surface area contributed by atoms with E-state index in [2.05, 4.69) is 32.6 Å². The molecule has 1 aliphatic rings. The zero-order valence-electron chi connectivity index (χ0n) is 11.7. The average molecular weight is 336 g/mol. The van der Waals surface area contributed by atoms with E-state index in [0.717, 1.165) is 28.6 Å². The van der Waals surface area contributed by atoms with Crippen LogP contribution in [0, 0.1) is 24.2 Å². The zero-order valence-corrected chi connectivity index (χ0v) is 13.3. The summed E-state index contributed by atoms with van der Waals surface area (Å²) in [5.41, 5.74) is 1.26. The van der Waals surface area contributed by atoms with E-state index in [0.29, 0.717) is 5.92 Å². The van der Waals surface area contributed by atoms with Gasteiger partial charge in [-0.05, 0) is 50.3 Å². The summed E-state index contributed by atoms with van der Waals surface area (Å²) < 4.78 is 0.964. The highest BCUT2D eigenvalue weighted by Crippen LogP contribution is 2.39. The van der Waals surface area contributed by atoms with Crippen LogP contribution < -0.4 is 10.6 Å². The van der Waals surface area contributed by atoms with Gasteiger partial charge in [0.05, 0.1) is 12.6 Å². The largest absolute Gasteiger partial charge is 0.376 e. The Hall–Kier alpha value is -1.54. The first-order chi connectivity index (χ1) is 9.44. The Balaban J connectivity index is 1.92. The van der Waals surface area contributed by atoms with Gasteiger partial charge >= 0.3 is 0 Å². The molecule has 0 aliphatic heterocycles. The summed E-state index contributed by atoms with van der Waals surface area (Å²) in [7, 11) is 0. The topological polar surface area (TPSA) is 64.9 Å². The molecule has 0 radical (unpaired) electrons. The molecule has 1 aromatic rings. The number of carbonyl (C=O) groups is 1. The van der Waals surface area contributed by atoms with E-state index in [9.17, 15) is 10.1 Å². The highest BCUT2D eigenvalue weighted by molar-refractivity contribution is 9.10. The van der Waals surface area contributed by atoms with Crippen LogP contribution in [0.2, 0.25) is 0 Å². The van der Waals surface area contributed by atoms with Crippen LogP contribution in [0.25, 0.3) is 0 Å². The molecule has 0 bridgehead atoms. The monoisotopic (exact) mass is 335 g/mol. The summed E-state index contributed by atoms with van der Waals surface area (Å²) in [5, 5.41) is 15.2. The van der Waals surface area contributed by atoms with Crippen LogP contribution in [-0.4, -0.2) is 18.0 Å². The van der Waals surface area contributed by atoms with Crippen molar-refractivity contribution in [3.05, 3.63) is 28.2 Å². The fourth-order valence-electron chi connectivity index (χ4n) is 2.18. The summed E-state index contributed by atoms with van der Waals surface area (Å²) in [5.74, 6) is 0.143. The fraction of sp³-hybridized carbons (Fsp3) is 0.467. The molecule has 1 saturated carbocycles. The molecule has 1 fully saturated rings. The second-order valence-electron chi connectivity index (χ2n) is 5.45. The van der Waals surface area contributed by atoms with Gasteiger partial charge in [0.1, 0.15) is 5.54 Å².